The molecule has 2 heterocycles. The van der Waals surface area contributed by atoms with Crippen LogP contribution in [0.2, 0.25) is 0 Å². The number of urea groups is 1. The number of rotatable bonds is 7. The molecule has 0 spiro atoms. The highest BCUT2D eigenvalue weighted by molar-refractivity contribution is 5.74. The van der Waals surface area contributed by atoms with Gasteiger partial charge < -0.3 is 15.1 Å². The van der Waals surface area contributed by atoms with Crippen LogP contribution in [-0.2, 0) is 6.42 Å². The number of aromatic nitrogens is 2. The van der Waals surface area contributed by atoms with E-state index in [1.807, 2.05) is 18.7 Å². The van der Waals surface area contributed by atoms with Crippen LogP contribution in [0, 0.1) is 17.0 Å². The molecule has 1 aliphatic heterocycles. The first-order chi connectivity index (χ1) is 15.3. The molecule has 0 saturated carbocycles. The number of piperazine rings is 1. The topological polar surface area (TPSA) is 104 Å². The number of nitrogens with zero attached hydrogens (tertiary/aromatic N) is 5. The molecule has 1 aromatic heterocycles. The van der Waals surface area contributed by atoms with Gasteiger partial charge in [0.2, 0.25) is 0 Å². The standard InChI is InChI=1S/C23H32N6O3/c1-5-16(3)21-25-17(4)20(15-18-7-9-19(10-8-18)29(31)32)22(26-21)27-11-13-28(14-12-27)23(30)24-6-2/h7-10,16H,5-6,11-15H2,1-4H3,(H,24,30)/t16-/m0/s1. The summed E-state index contributed by atoms with van der Waals surface area (Å²) in [5.74, 6) is 1.98. The fraction of sp³-hybridized carbons (Fsp3) is 0.522. The summed E-state index contributed by atoms with van der Waals surface area (Å²) in [5.41, 5.74) is 3.00. The van der Waals surface area contributed by atoms with Crippen molar-refractivity contribution in [2.75, 3.05) is 37.6 Å². The zero-order valence-corrected chi connectivity index (χ0v) is 19.3. The zero-order chi connectivity index (χ0) is 23.3. The molecular formula is C23H32N6O3. The van der Waals surface area contributed by atoms with Gasteiger partial charge in [-0.3, -0.25) is 10.1 Å². The lowest BCUT2D eigenvalue weighted by Crippen LogP contribution is -2.52. The largest absolute Gasteiger partial charge is 0.353 e. The lowest BCUT2D eigenvalue weighted by Gasteiger charge is -2.36. The van der Waals surface area contributed by atoms with Gasteiger partial charge >= 0.3 is 6.03 Å². The van der Waals surface area contributed by atoms with E-state index in [-0.39, 0.29) is 17.6 Å². The summed E-state index contributed by atoms with van der Waals surface area (Å²) in [4.78, 5) is 36.6. The van der Waals surface area contributed by atoms with Crippen molar-refractivity contribution >= 4 is 17.5 Å². The van der Waals surface area contributed by atoms with E-state index in [0.717, 1.165) is 34.9 Å². The lowest BCUT2D eigenvalue weighted by atomic mass is 10.0. The van der Waals surface area contributed by atoms with Gasteiger partial charge in [-0.05, 0) is 25.8 Å². The number of hydrogen-bond acceptors (Lipinski definition) is 6. The Balaban J connectivity index is 1.89. The van der Waals surface area contributed by atoms with Crippen LogP contribution in [0.25, 0.3) is 0 Å². The molecule has 3 rings (SSSR count). The molecule has 1 atom stereocenters. The Morgan fingerprint density at radius 2 is 1.81 bits per heavy atom. The molecule has 172 valence electrons. The van der Waals surface area contributed by atoms with Crippen LogP contribution >= 0.6 is 0 Å². The Morgan fingerprint density at radius 1 is 1.16 bits per heavy atom. The summed E-state index contributed by atoms with van der Waals surface area (Å²) in [5, 5.41) is 13.8. The highest BCUT2D eigenvalue weighted by Gasteiger charge is 2.25. The van der Waals surface area contributed by atoms with Gasteiger partial charge in [-0.25, -0.2) is 14.8 Å². The number of hydrogen-bond donors (Lipinski definition) is 1. The number of non-ortho nitro benzene ring substituents is 1. The van der Waals surface area contributed by atoms with Crippen molar-refractivity contribution in [1.29, 1.82) is 0 Å². The Kier molecular flexibility index (Phi) is 7.61. The first-order valence-electron chi connectivity index (χ1n) is 11.2. The van der Waals surface area contributed by atoms with Gasteiger partial charge in [0.25, 0.3) is 5.69 Å². The Labute approximate surface area is 189 Å². The summed E-state index contributed by atoms with van der Waals surface area (Å²) in [6, 6.07) is 6.61. The Morgan fingerprint density at radius 3 is 2.38 bits per heavy atom. The molecule has 2 amide bonds. The minimum absolute atomic E-state index is 0.0302. The molecule has 0 unspecified atom stereocenters. The number of amides is 2. The van der Waals surface area contributed by atoms with E-state index in [4.69, 9.17) is 9.97 Å². The highest BCUT2D eigenvalue weighted by atomic mass is 16.6. The minimum Gasteiger partial charge on any atom is -0.353 e. The normalized spacial score (nSPS) is 14.9. The second-order valence-electron chi connectivity index (χ2n) is 8.19. The minimum atomic E-state index is -0.390. The maximum atomic E-state index is 12.2. The highest BCUT2D eigenvalue weighted by Crippen LogP contribution is 2.28. The van der Waals surface area contributed by atoms with Crippen molar-refractivity contribution in [2.24, 2.45) is 0 Å². The van der Waals surface area contributed by atoms with Gasteiger partial charge in [0.15, 0.2) is 0 Å². The molecule has 1 N–H and O–H groups in total. The van der Waals surface area contributed by atoms with Gasteiger partial charge in [0.05, 0.1) is 4.92 Å². The molecule has 0 radical (unpaired) electrons. The van der Waals surface area contributed by atoms with Crippen molar-refractivity contribution in [3.63, 3.8) is 0 Å². The number of carbonyl (C=O) groups excluding carboxylic acids is 1. The average molecular weight is 441 g/mol. The summed E-state index contributed by atoms with van der Waals surface area (Å²) in [6.07, 6.45) is 1.54. The lowest BCUT2D eigenvalue weighted by molar-refractivity contribution is -0.384. The number of nitrogens with one attached hydrogen (secondary N) is 1. The summed E-state index contributed by atoms with van der Waals surface area (Å²) in [7, 11) is 0. The molecule has 2 aromatic rings. The maximum absolute atomic E-state index is 12.2. The van der Waals surface area contributed by atoms with Gasteiger partial charge in [0.1, 0.15) is 11.6 Å². The average Bonchev–Trinajstić information content (AvgIpc) is 2.80. The van der Waals surface area contributed by atoms with E-state index in [1.54, 1.807) is 12.1 Å². The third-order valence-corrected chi connectivity index (χ3v) is 5.98. The van der Waals surface area contributed by atoms with Crippen molar-refractivity contribution in [2.45, 2.75) is 46.5 Å². The monoisotopic (exact) mass is 440 g/mol. The van der Waals surface area contributed by atoms with E-state index >= 15 is 0 Å². The van der Waals surface area contributed by atoms with E-state index in [2.05, 4.69) is 24.1 Å². The van der Waals surface area contributed by atoms with Crippen molar-refractivity contribution < 1.29 is 9.72 Å². The fourth-order valence-corrected chi connectivity index (χ4v) is 3.80. The van der Waals surface area contributed by atoms with Crippen LogP contribution in [0.3, 0.4) is 0 Å². The van der Waals surface area contributed by atoms with Gasteiger partial charge in [-0.1, -0.05) is 26.0 Å². The second-order valence-corrected chi connectivity index (χ2v) is 8.19. The van der Waals surface area contributed by atoms with E-state index in [0.29, 0.717) is 39.1 Å². The maximum Gasteiger partial charge on any atom is 0.317 e. The Bertz CT molecular complexity index is 955. The molecule has 1 fully saturated rings. The molecule has 1 aliphatic rings. The molecule has 1 aromatic carbocycles. The van der Waals surface area contributed by atoms with E-state index in [1.165, 1.54) is 12.1 Å². The smallest absolute Gasteiger partial charge is 0.317 e. The number of benzene rings is 1. The summed E-state index contributed by atoms with van der Waals surface area (Å²) < 4.78 is 0. The number of carbonyl (C=O) groups is 1. The third kappa shape index (κ3) is 5.33. The zero-order valence-electron chi connectivity index (χ0n) is 19.3. The predicted molar refractivity (Wildman–Crippen MR) is 124 cm³/mol. The quantitative estimate of drug-likeness (QED) is 0.521. The molecule has 9 heteroatoms. The van der Waals surface area contributed by atoms with Crippen LogP contribution < -0.4 is 10.2 Å². The third-order valence-electron chi connectivity index (χ3n) is 5.98. The Hall–Kier alpha value is -3.23. The van der Waals surface area contributed by atoms with Crippen LogP contribution in [-0.4, -0.2) is 58.5 Å². The molecule has 0 bridgehead atoms. The second kappa shape index (κ2) is 10.4. The molecular weight excluding hydrogens is 408 g/mol. The fourth-order valence-electron chi connectivity index (χ4n) is 3.80. The van der Waals surface area contributed by atoms with Gasteiger partial charge in [-0.15, -0.1) is 0 Å². The summed E-state index contributed by atoms with van der Waals surface area (Å²) >= 11 is 0. The number of nitro groups is 1. The first kappa shape index (κ1) is 23.4. The van der Waals surface area contributed by atoms with Crippen molar-refractivity contribution in [3.8, 4) is 0 Å². The molecule has 0 aliphatic carbocycles. The number of nitro benzene ring substituents is 1. The van der Waals surface area contributed by atoms with Crippen LogP contribution in [0.1, 0.15) is 55.8 Å². The van der Waals surface area contributed by atoms with Crippen LogP contribution in [0.4, 0.5) is 16.3 Å². The molecule has 1 saturated heterocycles. The number of anilines is 1. The number of aryl methyl sites for hydroxylation is 1. The van der Waals surface area contributed by atoms with Crippen LogP contribution in [0.5, 0.6) is 0 Å². The molecule has 9 nitrogen and oxygen atoms in total. The van der Waals surface area contributed by atoms with Crippen LogP contribution in [0.15, 0.2) is 24.3 Å². The van der Waals surface area contributed by atoms with Gasteiger partial charge in [0, 0.05) is 68.5 Å². The molecule has 32 heavy (non-hydrogen) atoms. The van der Waals surface area contributed by atoms with Gasteiger partial charge in [-0.2, -0.15) is 0 Å². The first-order valence-corrected chi connectivity index (χ1v) is 11.2. The van der Waals surface area contributed by atoms with E-state index in [9.17, 15) is 14.9 Å². The van der Waals surface area contributed by atoms with Crippen molar-refractivity contribution in [3.05, 3.63) is 57.0 Å². The van der Waals surface area contributed by atoms with Crippen molar-refractivity contribution in [1.82, 2.24) is 20.2 Å². The van der Waals surface area contributed by atoms with E-state index < -0.39 is 4.92 Å². The SMILES string of the molecule is CCNC(=O)N1CCN(c2nc([C@@H](C)CC)nc(C)c2Cc2ccc([N+](=O)[O-])cc2)CC1. The summed E-state index contributed by atoms with van der Waals surface area (Å²) in [6.45, 7) is 11.4. The predicted octanol–water partition coefficient (Wildman–Crippen LogP) is 3.65.